The van der Waals surface area contributed by atoms with Crippen LogP contribution in [0.2, 0.25) is 0 Å². The minimum Gasteiger partial charge on any atom is -0.358 e. The van der Waals surface area contributed by atoms with Gasteiger partial charge in [-0.1, -0.05) is 0 Å². The number of benzene rings is 1. The number of halogens is 1. The third-order valence-corrected chi connectivity index (χ3v) is 3.58. The van der Waals surface area contributed by atoms with E-state index in [1.165, 1.54) is 13.1 Å². The summed E-state index contributed by atoms with van der Waals surface area (Å²) in [6, 6.07) is 5.05. The Labute approximate surface area is 104 Å². The van der Waals surface area contributed by atoms with Gasteiger partial charge in [-0.2, -0.15) is 5.26 Å². The van der Waals surface area contributed by atoms with E-state index < -0.39 is 33.1 Å². The van der Waals surface area contributed by atoms with Gasteiger partial charge in [0.2, 0.25) is 5.91 Å². The summed E-state index contributed by atoms with van der Waals surface area (Å²) in [6.45, 7) is 0. The lowest BCUT2D eigenvalue weighted by atomic mass is 10.1. The summed E-state index contributed by atoms with van der Waals surface area (Å²) in [5.74, 6) is -2.46. The van der Waals surface area contributed by atoms with Crippen molar-refractivity contribution < 1.29 is 17.6 Å². The topological polar surface area (TPSA) is 87.0 Å². The Morgan fingerprint density at radius 2 is 2.11 bits per heavy atom. The SMILES string of the molecule is CNC(=O)CS(=O)(=O)Cc1cc(F)cc(C#N)c1. The molecule has 1 aromatic carbocycles. The Morgan fingerprint density at radius 1 is 1.44 bits per heavy atom. The van der Waals surface area contributed by atoms with Crippen LogP contribution < -0.4 is 5.32 Å². The van der Waals surface area contributed by atoms with E-state index >= 15 is 0 Å². The number of nitriles is 1. The lowest BCUT2D eigenvalue weighted by Gasteiger charge is -2.04. The number of carbonyl (C=O) groups excluding carboxylic acids is 1. The van der Waals surface area contributed by atoms with E-state index in [9.17, 15) is 17.6 Å². The summed E-state index contributed by atoms with van der Waals surface area (Å²) in [4.78, 5) is 11.0. The van der Waals surface area contributed by atoms with Crippen LogP contribution in [0.3, 0.4) is 0 Å². The van der Waals surface area contributed by atoms with Gasteiger partial charge in [0.25, 0.3) is 0 Å². The van der Waals surface area contributed by atoms with E-state index in [-0.39, 0.29) is 11.1 Å². The second kappa shape index (κ2) is 5.60. The minimum absolute atomic E-state index is 0.0418. The largest absolute Gasteiger partial charge is 0.358 e. The molecule has 0 aliphatic rings. The van der Waals surface area contributed by atoms with Gasteiger partial charge in [-0.05, 0) is 23.8 Å². The molecule has 0 radical (unpaired) electrons. The number of carbonyl (C=O) groups is 1. The lowest BCUT2D eigenvalue weighted by Crippen LogP contribution is -2.27. The molecule has 0 saturated heterocycles. The van der Waals surface area contributed by atoms with Gasteiger partial charge in [0.05, 0.1) is 17.4 Å². The summed E-state index contributed by atoms with van der Waals surface area (Å²) in [5, 5.41) is 10.8. The highest BCUT2D eigenvalue weighted by Gasteiger charge is 2.17. The van der Waals surface area contributed by atoms with E-state index in [0.29, 0.717) is 0 Å². The predicted octanol–water partition coefficient (Wildman–Crippen LogP) is 0.358. The molecule has 0 unspecified atom stereocenters. The molecule has 18 heavy (non-hydrogen) atoms. The Hall–Kier alpha value is -1.94. The standard InChI is InChI=1S/C11H11FN2O3S/c1-14-11(15)7-18(16,17)6-9-2-8(5-13)3-10(12)4-9/h2-4H,6-7H2,1H3,(H,14,15). The first-order chi connectivity index (χ1) is 8.36. The molecular formula is C11H11FN2O3S. The highest BCUT2D eigenvalue weighted by molar-refractivity contribution is 7.91. The van der Waals surface area contributed by atoms with Gasteiger partial charge in [-0.15, -0.1) is 0 Å². The van der Waals surface area contributed by atoms with Crippen LogP contribution in [-0.2, 0) is 20.4 Å². The van der Waals surface area contributed by atoms with Gasteiger partial charge in [-0.25, -0.2) is 12.8 Å². The predicted molar refractivity (Wildman–Crippen MR) is 62.7 cm³/mol. The van der Waals surface area contributed by atoms with Crippen molar-refractivity contribution in [3.05, 3.63) is 35.1 Å². The first kappa shape index (κ1) is 14.1. The van der Waals surface area contributed by atoms with Crippen LogP contribution in [0.4, 0.5) is 4.39 Å². The molecule has 0 aromatic heterocycles. The maximum Gasteiger partial charge on any atom is 0.234 e. The van der Waals surface area contributed by atoms with Gasteiger partial charge in [0, 0.05) is 7.05 Å². The average Bonchev–Trinajstić information content (AvgIpc) is 2.26. The van der Waals surface area contributed by atoms with Crippen molar-refractivity contribution in [3.63, 3.8) is 0 Å². The van der Waals surface area contributed by atoms with Gasteiger partial charge >= 0.3 is 0 Å². The number of hydrogen-bond donors (Lipinski definition) is 1. The van der Waals surface area contributed by atoms with Crippen LogP contribution in [0.1, 0.15) is 11.1 Å². The van der Waals surface area contributed by atoms with Crippen molar-refractivity contribution in [2.75, 3.05) is 12.8 Å². The minimum atomic E-state index is -3.68. The van der Waals surface area contributed by atoms with Gasteiger partial charge < -0.3 is 5.32 Å². The number of amides is 1. The monoisotopic (exact) mass is 270 g/mol. The Morgan fingerprint density at radius 3 is 2.67 bits per heavy atom. The van der Waals surface area contributed by atoms with Gasteiger partial charge in [0.15, 0.2) is 9.84 Å². The quantitative estimate of drug-likeness (QED) is 0.855. The fraction of sp³-hybridized carbons (Fsp3) is 0.273. The fourth-order valence-corrected chi connectivity index (χ4v) is 2.70. The second-order valence-corrected chi connectivity index (χ2v) is 5.73. The van der Waals surface area contributed by atoms with Crippen LogP contribution in [-0.4, -0.2) is 27.1 Å². The maximum absolute atomic E-state index is 13.1. The molecule has 5 nitrogen and oxygen atoms in total. The molecule has 0 aliphatic carbocycles. The Balaban J connectivity index is 2.94. The molecule has 1 amide bonds. The molecule has 0 saturated carbocycles. The lowest BCUT2D eigenvalue weighted by molar-refractivity contribution is -0.118. The van der Waals surface area contributed by atoms with Crippen molar-refractivity contribution in [3.8, 4) is 6.07 Å². The molecule has 0 spiro atoms. The van der Waals surface area contributed by atoms with Crippen molar-refractivity contribution in [2.45, 2.75) is 5.75 Å². The molecule has 1 aromatic rings. The summed E-state index contributed by atoms with van der Waals surface area (Å²) in [5.41, 5.74) is 0.190. The van der Waals surface area contributed by atoms with Crippen LogP contribution in [0.5, 0.6) is 0 Å². The smallest absolute Gasteiger partial charge is 0.234 e. The number of rotatable bonds is 4. The molecule has 96 valence electrons. The van der Waals surface area contributed by atoms with Crippen LogP contribution in [0.15, 0.2) is 18.2 Å². The Kier molecular flexibility index (Phi) is 4.39. The molecule has 1 rings (SSSR count). The van der Waals surface area contributed by atoms with Gasteiger partial charge in [0.1, 0.15) is 11.6 Å². The highest BCUT2D eigenvalue weighted by Crippen LogP contribution is 2.12. The number of hydrogen-bond acceptors (Lipinski definition) is 4. The highest BCUT2D eigenvalue weighted by atomic mass is 32.2. The van der Waals surface area contributed by atoms with E-state index in [4.69, 9.17) is 5.26 Å². The average molecular weight is 270 g/mol. The van der Waals surface area contributed by atoms with E-state index in [2.05, 4.69) is 5.32 Å². The fourth-order valence-electron chi connectivity index (χ4n) is 1.38. The van der Waals surface area contributed by atoms with E-state index in [1.807, 2.05) is 0 Å². The molecule has 0 aliphatic heterocycles. The first-order valence-corrected chi connectivity index (χ1v) is 6.79. The van der Waals surface area contributed by atoms with Crippen molar-refractivity contribution in [1.82, 2.24) is 5.32 Å². The molecule has 0 bridgehead atoms. The first-order valence-electron chi connectivity index (χ1n) is 4.97. The molecule has 0 heterocycles. The van der Waals surface area contributed by atoms with Crippen LogP contribution in [0.25, 0.3) is 0 Å². The van der Waals surface area contributed by atoms with Gasteiger partial charge in [-0.3, -0.25) is 4.79 Å². The zero-order chi connectivity index (χ0) is 13.8. The second-order valence-electron chi connectivity index (χ2n) is 3.67. The van der Waals surface area contributed by atoms with E-state index in [1.54, 1.807) is 6.07 Å². The van der Waals surface area contributed by atoms with Crippen molar-refractivity contribution >= 4 is 15.7 Å². The van der Waals surface area contributed by atoms with Crippen molar-refractivity contribution in [2.24, 2.45) is 0 Å². The molecule has 7 heteroatoms. The normalized spacial score (nSPS) is 10.7. The summed E-state index contributed by atoms with van der Waals surface area (Å²) >= 11 is 0. The molecule has 0 atom stereocenters. The van der Waals surface area contributed by atoms with E-state index in [0.717, 1.165) is 12.1 Å². The van der Waals surface area contributed by atoms with Crippen LogP contribution >= 0.6 is 0 Å². The Bertz CT molecular complexity index is 605. The van der Waals surface area contributed by atoms with Crippen LogP contribution in [0, 0.1) is 17.1 Å². The number of nitrogens with zero attached hydrogens (tertiary/aromatic N) is 1. The number of sulfone groups is 1. The summed E-state index contributed by atoms with van der Waals surface area (Å²) in [7, 11) is -2.35. The van der Waals surface area contributed by atoms with Crippen molar-refractivity contribution in [1.29, 1.82) is 5.26 Å². The maximum atomic E-state index is 13.1. The summed E-state index contributed by atoms with van der Waals surface area (Å²) < 4.78 is 36.3. The third-order valence-electron chi connectivity index (χ3n) is 2.10. The molecule has 0 fully saturated rings. The third kappa shape index (κ3) is 4.14. The summed E-state index contributed by atoms with van der Waals surface area (Å²) in [6.07, 6.45) is 0. The molecular weight excluding hydrogens is 259 g/mol. The zero-order valence-corrected chi connectivity index (χ0v) is 10.4. The number of nitrogens with one attached hydrogen (secondary N) is 1. The molecule has 1 N–H and O–H groups in total. The zero-order valence-electron chi connectivity index (χ0n) is 9.60.